The Labute approximate surface area is 128 Å². The molecule has 0 amide bonds. The molecular formula is C13H12F3N5O2. The second kappa shape index (κ2) is 6.46. The van der Waals surface area contributed by atoms with Gasteiger partial charge in [0.1, 0.15) is 6.33 Å². The summed E-state index contributed by atoms with van der Waals surface area (Å²) >= 11 is 0. The van der Waals surface area contributed by atoms with E-state index in [9.17, 15) is 23.3 Å². The van der Waals surface area contributed by atoms with Gasteiger partial charge in [0, 0.05) is 12.2 Å². The second-order valence-electron chi connectivity index (χ2n) is 4.41. The molecule has 0 saturated carbocycles. The summed E-state index contributed by atoms with van der Waals surface area (Å²) in [7, 11) is 0. The highest BCUT2D eigenvalue weighted by Crippen LogP contribution is 2.33. The van der Waals surface area contributed by atoms with Crippen LogP contribution < -0.4 is 10.6 Å². The van der Waals surface area contributed by atoms with E-state index < -0.39 is 16.7 Å². The maximum atomic E-state index is 12.5. The Morgan fingerprint density at radius 2 is 1.78 bits per heavy atom. The van der Waals surface area contributed by atoms with E-state index in [0.717, 1.165) is 18.5 Å². The number of rotatable bonds is 5. The van der Waals surface area contributed by atoms with E-state index in [2.05, 4.69) is 20.6 Å². The molecule has 0 aliphatic heterocycles. The molecule has 0 aliphatic carbocycles. The van der Waals surface area contributed by atoms with E-state index in [4.69, 9.17) is 0 Å². The Morgan fingerprint density at radius 3 is 2.30 bits per heavy atom. The third-order valence-corrected chi connectivity index (χ3v) is 2.82. The third kappa shape index (κ3) is 3.84. The fourth-order valence-corrected chi connectivity index (χ4v) is 1.82. The molecule has 2 rings (SSSR count). The van der Waals surface area contributed by atoms with Crippen LogP contribution in [0.15, 0.2) is 30.6 Å². The zero-order chi connectivity index (χ0) is 17.0. The lowest BCUT2D eigenvalue weighted by Crippen LogP contribution is -2.08. The van der Waals surface area contributed by atoms with E-state index in [1.165, 1.54) is 12.1 Å². The number of nitrogens with one attached hydrogen (secondary N) is 2. The molecule has 23 heavy (non-hydrogen) atoms. The third-order valence-electron chi connectivity index (χ3n) is 2.82. The Kier molecular flexibility index (Phi) is 4.63. The number of anilines is 3. The van der Waals surface area contributed by atoms with Crippen molar-refractivity contribution in [1.29, 1.82) is 0 Å². The second-order valence-corrected chi connectivity index (χ2v) is 4.41. The van der Waals surface area contributed by atoms with Gasteiger partial charge in [-0.25, -0.2) is 9.97 Å². The molecule has 0 fully saturated rings. The van der Waals surface area contributed by atoms with Crippen molar-refractivity contribution in [2.24, 2.45) is 0 Å². The summed E-state index contributed by atoms with van der Waals surface area (Å²) in [5, 5.41) is 16.6. The first-order valence-corrected chi connectivity index (χ1v) is 6.50. The van der Waals surface area contributed by atoms with E-state index >= 15 is 0 Å². The molecule has 7 nitrogen and oxygen atoms in total. The van der Waals surface area contributed by atoms with Crippen LogP contribution in [0.3, 0.4) is 0 Å². The van der Waals surface area contributed by atoms with Gasteiger partial charge in [-0.2, -0.15) is 13.2 Å². The normalized spacial score (nSPS) is 11.1. The molecule has 0 aliphatic rings. The quantitative estimate of drug-likeness (QED) is 0.644. The molecule has 10 heteroatoms. The van der Waals surface area contributed by atoms with Gasteiger partial charge < -0.3 is 10.6 Å². The van der Waals surface area contributed by atoms with Gasteiger partial charge in [-0.3, -0.25) is 10.1 Å². The van der Waals surface area contributed by atoms with Crippen molar-refractivity contribution in [2.75, 3.05) is 17.2 Å². The first-order chi connectivity index (χ1) is 10.8. The SMILES string of the molecule is CCNc1ncnc(Nc2ccc(C(F)(F)F)cc2)c1[N+](=O)[O-]. The molecule has 0 atom stereocenters. The van der Waals surface area contributed by atoms with Crippen LogP contribution in [0, 0.1) is 10.1 Å². The summed E-state index contributed by atoms with van der Waals surface area (Å²) in [5.41, 5.74) is -0.954. The fraction of sp³-hybridized carbons (Fsp3) is 0.231. The van der Waals surface area contributed by atoms with Crippen LogP contribution in [0.25, 0.3) is 0 Å². The fourth-order valence-electron chi connectivity index (χ4n) is 1.82. The number of alkyl halides is 3. The van der Waals surface area contributed by atoms with E-state index in [-0.39, 0.29) is 23.0 Å². The standard InChI is InChI=1S/C13H12F3N5O2/c1-2-17-11-10(21(22)23)12(19-7-18-11)20-9-5-3-8(4-6-9)13(14,15)16/h3-7H,2H2,1H3,(H2,17,18,19,20). The Bertz CT molecular complexity index is 704. The number of benzene rings is 1. The lowest BCUT2D eigenvalue weighted by molar-refractivity contribution is -0.383. The van der Waals surface area contributed by atoms with Gasteiger partial charge in [0.05, 0.1) is 10.5 Å². The molecule has 0 spiro atoms. The van der Waals surface area contributed by atoms with Crippen LogP contribution in [0.1, 0.15) is 12.5 Å². The first kappa shape index (κ1) is 16.5. The number of nitrogens with zero attached hydrogens (tertiary/aromatic N) is 3. The van der Waals surface area contributed by atoms with Crippen LogP contribution in [0.5, 0.6) is 0 Å². The zero-order valence-corrected chi connectivity index (χ0v) is 11.9. The average Bonchev–Trinajstić information content (AvgIpc) is 2.47. The number of halogens is 3. The Balaban J connectivity index is 2.33. The highest BCUT2D eigenvalue weighted by Gasteiger charge is 2.30. The maximum Gasteiger partial charge on any atom is 0.416 e. The van der Waals surface area contributed by atoms with E-state index in [1.54, 1.807) is 6.92 Å². The monoisotopic (exact) mass is 327 g/mol. The summed E-state index contributed by atoms with van der Waals surface area (Å²) in [6.07, 6.45) is -3.32. The van der Waals surface area contributed by atoms with Gasteiger partial charge in [-0.05, 0) is 31.2 Å². The summed E-state index contributed by atoms with van der Waals surface area (Å²) in [4.78, 5) is 18.1. The lowest BCUT2D eigenvalue weighted by Gasteiger charge is -2.10. The van der Waals surface area contributed by atoms with Crippen LogP contribution >= 0.6 is 0 Å². The highest BCUT2D eigenvalue weighted by atomic mass is 19.4. The predicted molar refractivity (Wildman–Crippen MR) is 77.6 cm³/mol. The first-order valence-electron chi connectivity index (χ1n) is 6.50. The highest BCUT2D eigenvalue weighted by molar-refractivity contribution is 5.73. The Hall–Kier alpha value is -2.91. The molecule has 0 radical (unpaired) electrons. The Morgan fingerprint density at radius 1 is 1.17 bits per heavy atom. The minimum Gasteiger partial charge on any atom is -0.364 e. The molecule has 0 unspecified atom stereocenters. The van der Waals surface area contributed by atoms with Crippen LogP contribution in [-0.4, -0.2) is 21.4 Å². The van der Waals surface area contributed by atoms with Gasteiger partial charge in [-0.15, -0.1) is 0 Å². The molecule has 2 N–H and O–H groups in total. The summed E-state index contributed by atoms with van der Waals surface area (Å²) < 4.78 is 37.5. The van der Waals surface area contributed by atoms with Gasteiger partial charge in [0.2, 0.25) is 11.6 Å². The van der Waals surface area contributed by atoms with Crippen LogP contribution in [0.4, 0.5) is 36.2 Å². The zero-order valence-electron chi connectivity index (χ0n) is 11.9. The number of aromatic nitrogens is 2. The van der Waals surface area contributed by atoms with Crippen molar-refractivity contribution < 1.29 is 18.1 Å². The largest absolute Gasteiger partial charge is 0.416 e. The van der Waals surface area contributed by atoms with Crippen molar-refractivity contribution in [3.63, 3.8) is 0 Å². The van der Waals surface area contributed by atoms with Crippen molar-refractivity contribution in [2.45, 2.75) is 13.1 Å². The molecule has 1 aromatic carbocycles. The summed E-state index contributed by atoms with van der Waals surface area (Å²) in [5.74, 6) is -0.0809. The minimum atomic E-state index is -4.45. The molecule has 1 aromatic heterocycles. The van der Waals surface area contributed by atoms with E-state index in [1.807, 2.05) is 0 Å². The molecular weight excluding hydrogens is 315 g/mol. The molecule has 1 heterocycles. The van der Waals surface area contributed by atoms with Crippen molar-refractivity contribution >= 4 is 23.0 Å². The summed E-state index contributed by atoms with van der Waals surface area (Å²) in [6.45, 7) is 2.16. The van der Waals surface area contributed by atoms with E-state index in [0.29, 0.717) is 6.54 Å². The van der Waals surface area contributed by atoms with Crippen molar-refractivity contribution in [3.05, 3.63) is 46.3 Å². The predicted octanol–water partition coefficient (Wildman–Crippen LogP) is 3.58. The van der Waals surface area contributed by atoms with Crippen LogP contribution in [-0.2, 0) is 6.18 Å². The lowest BCUT2D eigenvalue weighted by atomic mass is 10.2. The summed E-state index contributed by atoms with van der Waals surface area (Å²) in [6, 6.07) is 4.09. The van der Waals surface area contributed by atoms with Gasteiger partial charge in [0.25, 0.3) is 0 Å². The molecule has 0 saturated heterocycles. The molecule has 0 bridgehead atoms. The smallest absolute Gasteiger partial charge is 0.364 e. The van der Waals surface area contributed by atoms with Crippen molar-refractivity contribution in [1.82, 2.24) is 9.97 Å². The van der Waals surface area contributed by atoms with Gasteiger partial charge in [0.15, 0.2) is 0 Å². The average molecular weight is 327 g/mol. The molecule has 122 valence electrons. The maximum absolute atomic E-state index is 12.5. The number of nitro groups is 1. The van der Waals surface area contributed by atoms with Gasteiger partial charge in [-0.1, -0.05) is 0 Å². The number of hydrogen-bond acceptors (Lipinski definition) is 6. The topological polar surface area (TPSA) is 93.0 Å². The van der Waals surface area contributed by atoms with Crippen molar-refractivity contribution in [3.8, 4) is 0 Å². The number of hydrogen-bond donors (Lipinski definition) is 2. The van der Waals surface area contributed by atoms with Gasteiger partial charge >= 0.3 is 11.9 Å². The van der Waals surface area contributed by atoms with Crippen LogP contribution in [0.2, 0.25) is 0 Å². The molecule has 2 aromatic rings. The minimum absolute atomic E-state index is 0.0295.